The summed E-state index contributed by atoms with van der Waals surface area (Å²) in [6.45, 7) is 16.2. The predicted molar refractivity (Wildman–Crippen MR) is 62.3 cm³/mol. The van der Waals surface area contributed by atoms with Crippen LogP contribution in [-0.2, 0) is 4.43 Å². The molecule has 0 saturated carbocycles. The molecule has 74 valence electrons. The Hall–Kier alpha value is 0.394. The lowest BCUT2D eigenvalue weighted by Gasteiger charge is -2.36. The van der Waals surface area contributed by atoms with Gasteiger partial charge in [-0.25, -0.2) is 0 Å². The fourth-order valence-corrected chi connectivity index (χ4v) is 3.39. The van der Waals surface area contributed by atoms with Gasteiger partial charge in [0.05, 0.1) is 0 Å². The van der Waals surface area contributed by atoms with Crippen molar-refractivity contribution in [3.8, 4) is 0 Å². The van der Waals surface area contributed by atoms with Gasteiger partial charge in [-0.05, 0) is 25.1 Å². The van der Waals surface area contributed by atoms with Gasteiger partial charge >= 0.3 is 0 Å². The van der Waals surface area contributed by atoms with Crippen LogP contribution in [0.3, 0.4) is 0 Å². The molecule has 0 aliphatic heterocycles. The molecule has 0 heterocycles. The molecule has 0 aromatic rings. The molecular formula is C9H24OSi2. The molecule has 0 aromatic carbocycles. The van der Waals surface area contributed by atoms with Crippen molar-refractivity contribution >= 4 is 17.8 Å². The molecule has 0 fully saturated rings. The van der Waals surface area contributed by atoms with E-state index in [1.165, 1.54) is 0 Å². The van der Waals surface area contributed by atoms with Crippen LogP contribution in [0.4, 0.5) is 0 Å². The van der Waals surface area contributed by atoms with Crippen molar-refractivity contribution in [1.29, 1.82) is 0 Å². The van der Waals surface area contributed by atoms with Gasteiger partial charge in [-0.15, -0.1) is 0 Å². The summed E-state index contributed by atoms with van der Waals surface area (Å²) in [6.07, 6.45) is 0.454. The lowest BCUT2D eigenvalue weighted by molar-refractivity contribution is 0.178. The molecule has 3 heteroatoms. The Balaban J connectivity index is 4.15. The van der Waals surface area contributed by atoms with Crippen molar-refractivity contribution in [2.75, 3.05) is 0 Å². The van der Waals surface area contributed by atoms with E-state index in [-0.39, 0.29) is 0 Å². The molecule has 12 heavy (non-hydrogen) atoms. The smallest absolute Gasteiger partial charge is 0.171 e. The summed E-state index contributed by atoms with van der Waals surface area (Å²) in [5.74, 6) is 0. The Labute approximate surface area is 80.9 Å². The van der Waals surface area contributed by atoms with Gasteiger partial charge in [0.25, 0.3) is 0 Å². The fraction of sp³-hybridized carbons (Fsp3) is 1.00. The molecule has 0 bridgehead atoms. The first-order chi connectivity index (χ1) is 5.28. The predicted octanol–water partition coefficient (Wildman–Crippen LogP) is 2.64. The zero-order valence-electron chi connectivity index (χ0n) is 9.64. The molecule has 0 aliphatic carbocycles. The number of hydrogen-bond donors (Lipinski definition) is 0. The van der Waals surface area contributed by atoms with Crippen molar-refractivity contribution in [3.05, 3.63) is 0 Å². The van der Waals surface area contributed by atoms with E-state index >= 15 is 0 Å². The molecule has 0 rings (SSSR count). The molecule has 0 aliphatic rings. The highest BCUT2D eigenvalue weighted by Gasteiger charge is 2.30. The first-order valence-corrected chi connectivity index (χ1v) is 10.6. The number of rotatable bonds is 4. The second kappa shape index (κ2) is 4.58. The van der Waals surface area contributed by atoms with Crippen LogP contribution in [0.1, 0.15) is 20.8 Å². The SMILES string of the molecule is CC(O[SiH](C)C)C(C)(C)[SiH](C)C. The molecule has 0 radical (unpaired) electrons. The van der Waals surface area contributed by atoms with Gasteiger partial charge < -0.3 is 4.43 Å². The lowest BCUT2D eigenvalue weighted by Crippen LogP contribution is -2.36. The van der Waals surface area contributed by atoms with Gasteiger partial charge in [-0.3, -0.25) is 0 Å². The largest absolute Gasteiger partial charge is 0.418 e. The summed E-state index contributed by atoms with van der Waals surface area (Å²) >= 11 is 0. The van der Waals surface area contributed by atoms with E-state index in [2.05, 4.69) is 47.0 Å². The van der Waals surface area contributed by atoms with E-state index in [0.717, 1.165) is 0 Å². The number of hydrogen-bond acceptors (Lipinski definition) is 1. The van der Waals surface area contributed by atoms with Gasteiger partial charge in [0.15, 0.2) is 9.04 Å². The van der Waals surface area contributed by atoms with Gasteiger partial charge in [-0.2, -0.15) is 0 Å². The van der Waals surface area contributed by atoms with Crippen LogP contribution in [0.15, 0.2) is 0 Å². The van der Waals surface area contributed by atoms with Crippen molar-refractivity contribution < 1.29 is 4.43 Å². The van der Waals surface area contributed by atoms with Crippen molar-refractivity contribution in [3.63, 3.8) is 0 Å². The molecule has 0 spiro atoms. The minimum atomic E-state index is -0.847. The Bertz CT molecular complexity index is 132. The Morgan fingerprint density at radius 2 is 1.50 bits per heavy atom. The molecule has 0 N–H and O–H groups in total. The first kappa shape index (κ1) is 12.4. The van der Waals surface area contributed by atoms with E-state index in [0.29, 0.717) is 11.1 Å². The third kappa shape index (κ3) is 3.41. The van der Waals surface area contributed by atoms with E-state index in [4.69, 9.17) is 4.43 Å². The molecule has 0 saturated heterocycles. The van der Waals surface area contributed by atoms with Crippen molar-refractivity contribution in [2.45, 2.75) is 58.1 Å². The standard InChI is InChI=1S/C9H24OSi2/c1-8(10-12(6)7)9(2,3)11(4)5/h8,11-12H,1-7H3. The highest BCUT2D eigenvalue weighted by molar-refractivity contribution is 6.59. The van der Waals surface area contributed by atoms with Gasteiger partial charge in [0.1, 0.15) is 0 Å². The van der Waals surface area contributed by atoms with Crippen LogP contribution in [-0.4, -0.2) is 23.9 Å². The van der Waals surface area contributed by atoms with Crippen molar-refractivity contribution in [2.24, 2.45) is 0 Å². The Kier molecular flexibility index (Phi) is 4.73. The zero-order valence-corrected chi connectivity index (χ0v) is 11.9. The maximum absolute atomic E-state index is 5.95. The van der Waals surface area contributed by atoms with Crippen LogP contribution in [0.25, 0.3) is 0 Å². The third-order valence-electron chi connectivity index (χ3n) is 3.01. The van der Waals surface area contributed by atoms with E-state index < -0.39 is 17.8 Å². The highest BCUT2D eigenvalue weighted by Crippen LogP contribution is 2.34. The van der Waals surface area contributed by atoms with E-state index in [9.17, 15) is 0 Å². The Morgan fingerprint density at radius 1 is 1.08 bits per heavy atom. The second-order valence-corrected chi connectivity index (χ2v) is 11.0. The quantitative estimate of drug-likeness (QED) is 0.640. The van der Waals surface area contributed by atoms with E-state index in [1.54, 1.807) is 0 Å². The van der Waals surface area contributed by atoms with Crippen molar-refractivity contribution in [1.82, 2.24) is 0 Å². The molecule has 1 nitrogen and oxygen atoms in total. The van der Waals surface area contributed by atoms with Crippen LogP contribution in [0.5, 0.6) is 0 Å². The minimum absolute atomic E-state index is 0.442. The average Bonchev–Trinajstić information content (AvgIpc) is 1.85. The monoisotopic (exact) mass is 204 g/mol. The molecule has 1 unspecified atom stereocenters. The minimum Gasteiger partial charge on any atom is -0.418 e. The van der Waals surface area contributed by atoms with E-state index in [1.807, 2.05) is 0 Å². The zero-order chi connectivity index (χ0) is 9.94. The molecule has 0 aromatic heterocycles. The van der Waals surface area contributed by atoms with Gasteiger partial charge in [-0.1, -0.05) is 26.9 Å². The average molecular weight is 204 g/mol. The van der Waals surface area contributed by atoms with Gasteiger partial charge in [0, 0.05) is 14.9 Å². The summed E-state index contributed by atoms with van der Waals surface area (Å²) in [5.41, 5.74) is 0. The van der Waals surface area contributed by atoms with Gasteiger partial charge in [0.2, 0.25) is 0 Å². The normalized spacial score (nSPS) is 15.8. The first-order valence-electron chi connectivity index (χ1n) is 4.94. The summed E-state index contributed by atoms with van der Waals surface area (Å²) in [7, 11) is -1.45. The summed E-state index contributed by atoms with van der Waals surface area (Å²) in [5, 5.41) is 0.442. The maximum atomic E-state index is 5.95. The van der Waals surface area contributed by atoms with Crippen LogP contribution in [0, 0.1) is 0 Å². The molecule has 1 atom stereocenters. The molecular weight excluding hydrogens is 180 g/mol. The maximum Gasteiger partial charge on any atom is 0.171 e. The van der Waals surface area contributed by atoms with Crippen LogP contribution >= 0.6 is 0 Å². The Morgan fingerprint density at radius 3 is 1.75 bits per heavy atom. The summed E-state index contributed by atoms with van der Waals surface area (Å²) in [6, 6.07) is 0. The van der Waals surface area contributed by atoms with Crippen LogP contribution in [0.2, 0.25) is 31.2 Å². The summed E-state index contributed by atoms with van der Waals surface area (Å²) in [4.78, 5) is 0. The highest BCUT2D eigenvalue weighted by atomic mass is 28.3. The fourth-order valence-electron chi connectivity index (χ4n) is 1.05. The topological polar surface area (TPSA) is 9.23 Å². The second-order valence-electron chi connectivity index (χ2n) is 4.80. The third-order valence-corrected chi connectivity index (χ3v) is 7.41. The molecule has 0 amide bonds. The summed E-state index contributed by atoms with van der Waals surface area (Å²) < 4.78 is 5.95. The van der Waals surface area contributed by atoms with Crippen LogP contribution < -0.4 is 0 Å². The lowest BCUT2D eigenvalue weighted by atomic mass is 10.1.